The van der Waals surface area contributed by atoms with Gasteiger partial charge in [0.15, 0.2) is 11.2 Å². The van der Waals surface area contributed by atoms with Crippen LogP contribution in [0.25, 0.3) is 72.6 Å². The zero-order chi connectivity index (χ0) is 24.3. The molecule has 0 bridgehead atoms. The highest BCUT2D eigenvalue weighted by Crippen LogP contribution is 2.37. The van der Waals surface area contributed by atoms with Gasteiger partial charge < -0.3 is 13.4 Å². The van der Waals surface area contributed by atoms with E-state index in [4.69, 9.17) is 18.8 Å². The molecule has 3 aromatic heterocycles. The maximum atomic E-state index is 6.09. The van der Waals surface area contributed by atoms with Gasteiger partial charge in [-0.3, -0.25) is 0 Å². The molecule has 0 amide bonds. The van der Waals surface area contributed by atoms with Crippen LogP contribution in [0, 0.1) is 0 Å². The van der Waals surface area contributed by atoms with Crippen molar-refractivity contribution in [2.24, 2.45) is 0 Å². The molecule has 0 spiro atoms. The molecule has 0 saturated carbocycles. The summed E-state index contributed by atoms with van der Waals surface area (Å²) in [6, 6.07) is 38.9. The van der Waals surface area contributed by atoms with Crippen LogP contribution in [0.4, 0.5) is 0 Å². The van der Waals surface area contributed by atoms with Crippen LogP contribution in [0.5, 0.6) is 0 Å². The van der Waals surface area contributed by atoms with Crippen molar-refractivity contribution in [3.63, 3.8) is 0 Å². The molecule has 0 atom stereocenters. The smallest absolute Gasteiger partial charge is 0.227 e. The van der Waals surface area contributed by atoms with E-state index in [9.17, 15) is 0 Å². The lowest BCUT2D eigenvalue weighted by Crippen LogP contribution is -1.93. The number of nitrogens with zero attached hydrogens (tertiary/aromatic N) is 3. The van der Waals surface area contributed by atoms with Gasteiger partial charge in [0.05, 0.1) is 11.0 Å². The number of fused-ring (bicyclic) bond motifs is 5. The van der Waals surface area contributed by atoms with E-state index in [0.29, 0.717) is 11.8 Å². The van der Waals surface area contributed by atoms with E-state index in [1.54, 1.807) is 0 Å². The molecule has 8 rings (SSSR count). The summed E-state index contributed by atoms with van der Waals surface area (Å²) in [4.78, 5) is 9.45. The highest BCUT2D eigenvalue weighted by molar-refractivity contribution is 6.11. The molecule has 0 aliphatic heterocycles. The third-order valence-electron chi connectivity index (χ3n) is 6.86. The third kappa shape index (κ3) is 3.11. The number of aromatic nitrogens is 3. The number of rotatable bonds is 3. The van der Waals surface area contributed by atoms with E-state index < -0.39 is 0 Å². The lowest BCUT2D eigenvalue weighted by Gasteiger charge is -2.07. The molecule has 5 heteroatoms. The Labute approximate surface area is 211 Å². The van der Waals surface area contributed by atoms with E-state index in [1.165, 1.54) is 0 Å². The minimum Gasteiger partial charge on any atom is -0.436 e. The summed E-state index contributed by atoms with van der Waals surface area (Å²) in [5.74, 6) is 1.22. The third-order valence-corrected chi connectivity index (χ3v) is 6.86. The predicted molar refractivity (Wildman–Crippen MR) is 147 cm³/mol. The Morgan fingerprint density at radius 1 is 0.486 bits per heavy atom. The Bertz CT molecular complexity index is 1900. The zero-order valence-electron chi connectivity index (χ0n) is 19.6. The summed E-state index contributed by atoms with van der Waals surface area (Å²) in [5, 5.41) is 2.22. The maximum absolute atomic E-state index is 6.09. The van der Waals surface area contributed by atoms with Gasteiger partial charge in [-0.25, -0.2) is 9.97 Å². The van der Waals surface area contributed by atoms with Crippen molar-refractivity contribution >= 4 is 44.0 Å². The molecule has 8 aromatic rings. The van der Waals surface area contributed by atoms with Gasteiger partial charge in [0.25, 0.3) is 0 Å². The number of para-hydroxylation sites is 5. The molecule has 0 aliphatic rings. The summed E-state index contributed by atoms with van der Waals surface area (Å²) >= 11 is 0. The number of hydrogen-bond acceptors (Lipinski definition) is 4. The SMILES string of the molecule is c1ccc(-n2c3ccc(-c4nc5ccccc5o4)cc3c3cc(-c4nc5ccccc5o4)ccc32)cc1. The first-order valence-electron chi connectivity index (χ1n) is 12.2. The Morgan fingerprint density at radius 3 is 1.49 bits per heavy atom. The minimum atomic E-state index is 0.610. The fraction of sp³-hybridized carbons (Fsp3) is 0. The molecular weight excluding hydrogens is 458 g/mol. The zero-order valence-corrected chi connectivity index (χ0v) is 19.6. The fourth-order valence-corrected chi connectivity index (χ4v) is 5.14. The molecule has 5 aromatic carbocycles. The van der Waals surface area contributed by atoms with Gasteiger partial charge in [-0.05, 0) is 72.8 Å². The number of hydrogen-bond donors (Lipinski definition) is 0. The lowest BCUT2D eigenvalue weighted by molar-refractivity contribution is 0.619. The van der Waals surface area contributed by atoms with Crippen LogP contribution in [0.15, 0.2) is 124 Å². The highest BCUT2D eigenvalue weighted by Gasteiger charge is 2.17. The molecular formula is C32H19N3O2. The van der Waals surface area contributed by atoms with Crippen molar-refractivity contribution in [3.05, 3.63) is 115 Å². The van der Waals surface area contributed by atoms with Gasteiger partial charge in [-0.2, -0.15) is 0 Å². The quantitative estimate of drug-likeness (QED) is 0.256. The predicted octanol–water partition coefficient (Wildman–Crippen LogP) is 8.40. The first kappa shape index (κ1) is 20.1. The maximum Gasteiger partial charge on any atom is 0.227 e. The Morgan fingerprint density at radius 2 is 0.973 bits per heavy atom. The standard InChI is InChI=1S/C32H19N3O2/c1-2-8-22(9-3-1)35-27-16-14-20(31-33-25-10-4-6-12-29(25)36-31)18-23(27)24-19-21(15-17-28(24)35)32-34-26-11-5-7-13-30(26)37-32/h1-19H. The number of oxazole rings is 2. The summed E-state index contributed by atoms with van der Waals surface area (Å²) in [7, 11) is 0. The van der Waals surface area contributed by atoms with E-state index in [1.807, 2.05) is 54.6 Å². The Hall–Kier alpha value is -5.16. The Kier molecular flexibility index (Phi) is 4.16. The van der Waals surface area contributed by atoms with Crippen LogP contribution >= 0.6 is 0 Å². The van der Waals surface area contributed by atoms with Crippen molar-refractivity contribution in [1.29, 1.82) is 0 Å². The summed E-state index contributed by atoms with van der Waals surface area (Å²) in [5.41, 5.74) is 8.44. The first-order valence-corrected chi connectivity index (χ1v) is 12.2. The van der Waals surface area contributed by atoms with Crippen LogP contribution < -0.4 is 0 Å². The van der Waals surface area contributed by atoms with Crippen molar-refractivity contribution in [2.45, 2.75) is 0 Å². The molecule has 0 aliphatic carbocycles. The second-order valence-corrected chi connectivity index (χ2v) is 9.11. The first-order chi connectivity index (χ1) is 18.3. The normalized spacial score (nSPS) is 11.8. The van der Waals surface area contributed by atoms with Crippen LogP contribution in [0.1, 0.15) is 0 Å². The van der Waals surface area contributed by atoms with Gasteiger partial charge in [0, 0.05) is 27.6 Å². The molecule has 0 N–H and O–H groups in total. The lowest BCUT2D eigenvalue weighted by atomic mass is 10.1. The average molecular weight is 478 g/mol. The topological polar surface area (TPSA) is 57.0 Å². The molecule has 0 unspecified atom stereocenters. The second kappa shape index (κ2) is 7.67. The van der Waals surface area contributed by atoms with Crippen LogP contribution in [-0.2, 0) is 0 Å². The van der Waals surface area contributed by atoms with E-state index in [-0.39, 0.29) is 0 Å². The largest absolute Gasteiger partial charge is 0.436 e. The van der Waals surface area contributed by atoms with Crippen molar-refractivity contribution in [1.82, 2.24) is 14.5 Å². The van der Waals surface area contributed by atoms with Gasteiger partial charge in [0.2, 0.25) is 11.8 Å². The van der Waals surface area contributed by atoms with Gasteiger partial charge >= 0.3 is 0 Å². The van der Waals surface area contributed by atoms with E-state index >= 15 is 0 Å². The van der Waals surface area contributed by atoms with E-state index in [0.717, 1.165) is 60.8 Å². The molecule has 5 nitrogen and oxygen atoms in total. The fourth-order valence-electron chi connectivity index (χ4n) is 5.14. The summed E-state index contributed by atoms with van der Waals surface area (Å²) in [6.45, 7) is 0. The molecule has 0 fully saturated rings. The van der Waals surface area contributed by atoms with Crippen molar-refractivity contribution < 1.29 is 8.83 Å². The molecule has 3 heterocycles. The molecule has 0 radical (unpaired) electrons. The van der Waals surface area contributed by atoms with Gasteiger partial charge in [0.1, 0.15) is 11.0 Å². The average Bonchev–Trinajstić information content (AvgIpc) is 3.66. The second-order valence-electron chi connectivity index (χ2n) is 9.11. The summed E-state index contributed by atoms with van der Waals surface area (Å²) < 4.78 is 14.5. The monoisotopic (exact) mass is 477 g/mol. The van der Waals surface area contributed by atoms with Gasteiger partial charge in [-0.1, -0.05) is 42.5 Å². The molecule has 174 valence electrons. The molecule has 0 saturated heterocycles. The number of benzene rings is 5. The van der Waals surface area contributed by atoms with Crippen LogP contribution in [0.3, 0.4) is 0 Å². The van der Waals surface area contributed by atoms with Crippen LogP contribution in [-0.4, -0.2) is 14.5 Å². The van der Waals surface area contributed by atoms with Crippen LogP contribution in [0.2, 0.25) is 0 Å². The van der Waals surface area contributed by atoms with E-state index in [2.05, 4.69) is 65.2 Å². The van der Waals surface area contributed by atoms with Gasteiger partial charge in [-0.15, -0.1) is 0 Å². The summed E-state index contributed by atoms with van der Waals surface area (Å²) in [6.07, 6.45) is 0. The minimum absolute atomic E-state index is 0.610. The highest BCUT2D eigenvalue weighted by atomic mass is 16.4. The molecule has 37 heavy (non-hydrogen) atoms. The van der Waals surface area contributed by atoms with Crippen molar-refractivity contribution in [3.8, 4) is 28.6 Å². The Balaban J connectivity index is 1.39. The van der Waals surface area contributed by atoms with Crippen molar-refractivity contribution in [2.75, 3.05) is 0 Å².